The third-order valence-corrected chi connectivity index (χ3v) is 3.43. The average molecular weight is 318 g/mol. The molecule has 23 heavy (non-hydrogen) atoms. The Balaban J connectivity index is 2.22. The molecule has 0 aliphatic carbocycles. The summed E-state index contributed by atoms with van der Waals surface area (Å²) in [6.45, 7) is 1.79. The van der Waals surface area contributed by atoms with E-state index in [2.05, 4.69) is 5.10 Å². The van der Waals surface area contributed by atoms with Crippen molar-refractivity contribution >= 4 is 0 Å². The van der Waals surface area contributed by atoms with Crippen LogP contribution in [0.3, 0.4) is 0 Å². The van der Waals surface area contributed by atoms with Crippen molar-refractivity contribution in [2.75, 3.05) is 0 Å². The van der Waals surface area contributed by atoms with Gasteiger partial charge in [0.25, 0.3) is 0 Å². The second kappa shape index (κ2) is 5.46. The zero-order chi connectivity index (χ0) is 16.6. The molecule has 3 rings (SSSR count). The molecule has 0 fully saturated rings. The molecule has 2 aromatic carbocycles. The lowest BCUT2D eigenvalue weighted by Crippen LogP contribution is -2.13. The predicted octanol–water partition coefficient (Wildman–Crippen LogP) is 4.57. The fraction of sp³-hybridized carbons (Fsp3) is 0.118. The summed E-state index contributed by atoms with van der Waals surface area (Å²) < 4.78 is 40.8. The van der Waals surface area contributed by atoms with Crippen molar-refractivity contribution < 1.29 is 18.3 Å². The second-order valence-electron chi connectivity index (χ2n) is 5.18. The highest BCUT2D eigenvalue weighted by molar-refractivity contribution is 5.68. The molecule has 0 amide bonds. The topological polar surface area (TPSA) is 38.0 Å². The Morgan fingerprint density at radius 3 is 2.35 bits per heavy atom. The molecule has 6 heteroatoms. The standard InChI is InChI=1S/C17H13F3N2O/c1-11-7-8-15(23)13(9-11)14-10-16(17(18,19)20)22(21-14)12-5-3-2-4-6-12/h2-10,23H,1H3. The van der Waals surface area contributed by atoms with Crippen molar-refractivity contribution in [2.24, 2.45) is 0 Å². The van der Waals surface area contributed by atoms with Gasteiger partial charge in [-0.05, 0) is 37.3 Å². The van der Waals surface area contributed by atoms with Gasteiger partial charge in [-0.2, -0.15) is 18.3 Å². The summed E-state index contributed by atoms with van der Waals surface area (Å²) in [7, 11) is 0. The maximum Gasteiger partial charge on any atom is 0.433 e. The molecule has 118 valence electrons. The molecule has 0 saturated heterocycles. The van der Waals surface area contributed by atoms with Gasteiger partial charge in [-0.1, -0.05) is 29.8 Å². The van der Waals surface area contributed by atoms with Crippen LogP contribution in [0.4, 0.5) is 13.2 Å². The van der Waals surface area contributed by atoms with Crippen LogP contribution in [-0.2, 0) is 6.18 Å². The first-order valence-corrected chi connectivity index (χ1v) is 6.89. The number of phenolic OH excluding ortho intramolecular Hbond substituents is 1. The third kappa shape index (κ3) is 2.92. The fourth-order valence-electron chi connectivity index (χ4n) is 2.34. The fourth-order valence-corrected chi connectivity index (χ4v) is 2.34. The lowest BCUT2D eigenvalue weighted by Gasteiger charge is -2.09. The quantitative estimate of drug-likeness (QED) is 0.751. The summed E-state index contributed by atoms with van der Waals surface area (Å²) in [5, 5.41) is 14.0. The van der Waals surface area contributed by atoms with E-state index in [1.165, 1.54) is 6.07 Å². The van der Waals surface area contributed by atoms with Gasteiger partial charge in [0, 0.05) is 5.56 Å². The van der Waals surface area contributed by atoms with Gasteiger partial charge < -0.3 is 5.11 Å². The van der Waals surface area contributed by atoms with Crippen LogP contribution in [0.1, 0.15) is 11.3 Å². The largest absolute Gasteiger partial charge is 0.507 e. The van der Waals surface area contributed by atoms with Crippen LogP contribution in [0, 0.1) is 6.92 Å². The Bertz CT molecular complexity index is 839. The Morgan fingerprint density at radius 2 is 1.70 bits per heavy atom. The minimum Gasteiger partial charge on any atom is -0.507 e. The van der Waals surface area contributed by atoms with Crippen LogP contribution < -0.4 is 0 Å². The van der Waals surface area contributed by atoms with E-state index < -0.39 is 11.9 Å². The highest BCUT2D eigenvalue weighted by Crippen LogP contribution is 2.36. The van der Waals surface area contributed by atoms with E-state index in [4.69, 9.17) is 0 Å². The SMILES string of the molecule is Cc1ccc(O)c(-c2cc(C(F)(F)F)n(-c3ccccc3)n2)c1. The molecule has 3 aromatic rings. The van der Waals surface area contributed by atoms with Crippen molar-refractivity contribution in [1.29, 1.82) is 0 Å². The molecular formula is C17H13F3N2O. The van der Waals surface area contributed by atoms with Crippen molar-refractivity contribution in [2.45, 2.75) is 13.1 Å². The number of aryl methyl sites for hydroxylation is 1. The molecule has 1 heterocycles. The third-order valence-electron chi connectivity index (χ3n) is 3.43. The van der Waals surface area contributed by atoms with Crippen molar-refractivity contribution in [3.8, 4) is 22.7 Å². The summed E-state index contributed by atoms with van der Waals surface area (Å²) in [5.41, 5.74) is 0.575. The van der Waals surface area contributed by atoms with Crippen LogP contribution in [-0.4, -0.2) is 14.9 Å². The number of benzene rings is 2. The average Bonchev–Trinajstić information content (AvgIpc) is 2.96. The Kier molecular flexibility index (Phi) is 3.60. The smallest absolute Gasteiger partial charge is 0.433 e. The number of halogens is 3. The minimum atomic E-state index is -4.56. The highest BCUT2D eigenvalue weighted by Gasteiger charge is 2.36. The maximum atomic E-state index is 13.3. The molecule has 1 N–H and O–H groups in total. The van der Waals surface area contributed by atoms with E-state index in [-0.39, 0.29) is 17.0 Å². The van der Waals surface area contributed by atoms with Gasteiger partial charge in [0.1, 0.15) is 11.4 Å². The Labute approximate surface area is 130 Å². The zero-order valence-electron chi connectivity index (χ0n) is 12.2. The predicted molar refractivity (Wildman–Crippen MR) is 80.4 cm³/mol. The second-order valence-corrected chi connectivity index (χ2v) is 5.18. The first-order chi connectivity index (χ1) is 10.9. The summed E-state index contributed by atoms with van der Waals surface area (Å²) >= 11 is 0. The molecule has 0 unspecified atom stereocenters. The number of nitrogens with zero attached hydrogens (tertiary/aromatic N) is 2. The van der Waals surface area contributed by atoms with Gasteiger partial charge in [-0.15, -0.1) is 0 Å². The van der Waals surface area contributed by atoms with Crippen LogP contribution in [0.5, 0.6) is 5.75 Å². The molecule has 0 radical (unpaired) electrons. The van der Waals surface area contributed by atoms with Crippen LogP contribution in [0.2, 0.25) is 0 Å². The van der Waals surface area contributed by atoms with Gasteiger partial charge in [-0.3, -0.25) is 0 Å². The molecular weight excluding hydrogens is 305 g/mol. The number of hydrogen-bond acceptors (Lipinski definition) is 2. The lowest BCUT2D eigenvalue weighted by molar-refractivity contribution is -0.142. The Morgan fingerprint density at radius 1 is 1.00 bits per heavy atom. The molecule has 0 atom stereocenters. The number of rotatable bonds is 2. The van der Waals surface area contributed by atoms with Crippen LogP contribution in [0.15, 0.2) is 54.6 Å². The van der Waals surface area contributed by atoms with Gasteiger partial charge in [-0.25, -0.2) is 4.68 Å². The number of hydrogen-bond donors (Lipinski definition) is 1. The zero-order valence-corrected chi connectivity index (χ0v) is 12.2. The molecule has 0 spiro atoms. The first kappa shape index (κ1) is 15.1. The molecule has 0 bridgehead atoms. The molecule has 1 aromatic heterocycles. The Hall–Kier alpha value is -2.76. The van der Waals surface area contributed by atoms with Crippen molar-refractivity contribution in [1.82, 2.24) is 9.78 Å². The van der Waals surface area contributed by atoms with E-state index in [1.807, 2.05) is 0 Å². The number of para-hydroxylation sites is 1. The summed E-state index contributed by atoms with van der Waals surface area (Å²) in [5.74, 6) is -0.109. The monoisotopic (exact) mass is 318 g/mol. The number of aromatic hydroxyl groups is 1. The number of aromatic nitrogens is 2. The van der Waals surface area contributed by atoms with E-state index in [9.17, 15) is 18.3 Å². The van der Waals surface area contributed by atoms with E-state index in [0.29, 0.717) is 5.69 Å². The molecule has 0 saturated carbocycles. The van der Waals surface area contributed by atoms with Gasteiger partial charge in [0.15, 0.2) is 0 Å². The van der Waals surface area contributed by atoms with Gasteiger partial charge in [0.2, 0.25) is 0 Å². The van der Waals surface area contributed by atoms with Gasteiger partial charge in [0.05, 0.1) is 11.4 Å². The normalized spacial score (nSPS) is 11.7. The molecule has 3 nitrogen and oxygen atoms in total. The lowest BCUT2D eigenvalue weighted by atomic mass is 10.1. The van der Waals surface area contributed by atoms with Crippen LogP contribution >= 0.6 is 0 Å². The molecule has 0 aliphatic rings. The van der Waals surface area contributed by atoms with Crippen molar-refractivity contribution in [3.63, 3.8) is 0 Å². The number of phenols is 1. The summed E-state index contributed by atoms with van der Waals surface area (Å²) in [6, 6.07) is 13.8. The summed E-state index contributed by atoms with van der Waals surface area (Å²) in [6.07, 6.45) is -4.56. The van der Waals surface area contributed by atoms with Gasteiger partial charge >= 0.3 is 6.18 Å². The molecule has 0 aliphatic heterocycles. The first-order valence-electron chi connectivity index (χ1n) is 6.89. The number of alkyl halides is 3. The minimum absolute atomic E-state index is 0.0716. The van der Waals surface area contributed by atoms with E-state index >= 15 is 0 Å². The van der Waals surface area contributed by atoms with Crippen LogP contribution in [0.25, 0.3) is 16.9 Å². The van der Waals surface area contributed by atoms with E-state index in [0.717, 1.165) is 16.3 Å². The maximum absolute atomic E-state index is 13.3. The van der Waals surface area contributed by atoms with Crippen molar-refractivity contribution in [3.05, 3.63) is 65.9 Å². The highest BCUT2D eigenvalue weighted by atomic mass is 19.4. The summed E-state index contributed by atoms with van der Waals surface area (Å²) in [4.78, 5) is 0. The van der Waals surface area contributed by atoms with E-state index in [1.54, 1.807) is 49.4 Å².